The Hall–Kier alpha value is -3.68. The van der Waals surface area contributed by atoms with Crippen molar-refractivity contribution in [3.05, 3.63) is 77.9 Å². The van der Waals surface area contributed by atoms with Gasteiger partial charge in [-0.1, -0.05) is 30.3 Å². The maximum Gasteiger partial charge on any atom is 0.342 e. The molecule has 1 amide bonds. The summed E-state index contributed by atoms with van der Waals surface area (Å²) in [5.74, 6) is -1.13. The van der Waals surface area contributed by atoms with Crippen LogP contribution in [0.5, 0.6) is 0 Å². The molecule has 0 radical (unpaired) electrons. The molecular formula is C23H23FN4O3. The first-order valence-electron chi connectivity index (χ1n) is 10.1. The van der Waals surface area contributed by atoms with E-state index in [0.717, 1.165) is 5.69 Å². The van der Waals surface area contributed by atoms with E-state index in [1.807, 2.05) is 35.2 Å². The smallest absolute Gasteiger partial charge is 0.342 e. The lowest BCUT2D eigenvalue weighted by Crippen LogP contribution is -2.50. The van der Waals surface area contributed by atoms with Crippen LogP contribution in [0.4, 0.5) is 10.1 Å². The largest absolute Gasteiger partial charge is 0.452 e. The van der Waals surface area contributed by atoms with Gasteiger partial charge in [-0.3, -0.25) is 4.79 Å². The zero-order chi connectivity index (χ0) is 21.8. The van der Waals surface area contributed by atoms with Crippen LogP contribution >= 0.6 is 0 Å². The molecule has 0 N–H and O–H groups in total. The Kier molecular flexibility index (Phi) is 5.97. The fourth-order valence-electron chi connectivity index (χ4n) is 3.64. The molecule has 4 rings (SSSR count). The minimum atomic E-state index is -0.585. The summed E-state index contributed by atoms with van der Waals surface area (Å²) in [6.45, 7) is 3.35. The molecule has 3 aromatic rings. The number of hydrogen-bond acceptors (Lipinski definition) is 5. The van der Waals surface area contributed by atoms with E-state index in [4.69, 9.17) is 4.74 Å². The first-order chi connectivity index (χ1) is 15.0. The van der Waals surface area contributed by atoms with Crippen LogP contribution in [0.15, 0.2) is 60.8 Å². The molecule has 1 saturated heterocycles. The highest BCUT2D eigenvalue weighted by atomic mass is 19.1. The molecule has 0 bridgehead atoms. The van der Waals surface area contributed by atoms with Crippen molar-refractivity contribution in [2.75, 3.05) is 37.7 Å². The van der Waals surface area contributed by atoms with E-state index in [0.29, 0.717) is 43.1 Å². The van der Waals surface area contributed by atoms with Crippen LogP contribution in [0.25, 0.3) is 5.69 Å². The van der Waals surface area contributed by atoms with Gasteiger partial charge in [-0.05, 0) is 31.2 Å². The number of halogens is 1. The predicted molar refractivity (Wildman–Crippen MR) is 114 cm³/mol. The molecule has 0 spiro atoms. The highest BCUT2D eigenvalue weighted by Crippen LogP contribution is 2.20. The number of ether oxygens (including phenoxy) is 1. The summed E-state index contributed by atoms with van der Waals surface area (Å²) in [6, 6.07) is 16.0. The lowest BCUT2D eigenvalue weighted by atomic mass is 10.2. The second kappa shape index (κ2) is 8.99. The van der Waals surface area contributed by atoms with E-state index in [2.05, 4.69) is 5.10 Å². The van der Waals surface area contributed by atoms with E-state index in [1.54, 1.807) is 34.7 Å². The number of carbonyl (C=O) groups is 2. The number of nitrogens with zero attached hydrogens (tertiary/aromatic N) is 4. The van der Waals surface area contributed by atoms with Gasteiger partial charge >= 0.3 is 5.97 Å². The maximum absolute atomic E-state index is 14.0. The van der Waals surface area contributed by atoms with Crippen LogP contribution in [0, 0.1) is 12.7 Å². The number of para-hydroxylation sites is 2. The fraction of sp³-hybridized carbons (Fsp3) is 0.261. The maximum atomic E-state index is 14.0. The van der Waals surface area contributed by atoms with Crippen molar-refractivity contribution in [2.45, 2.75) is 6.92 Å². The highest BCUT2D eigenvalue weighted by molar-refractivity contribution is 5.92. The van der Waals surface area contributed by atoms with Crippen molar-refractivity contribution in [2.24, 2.45) is 0 Å². The summed E-state index contributed by atoms with van der Waals surface area (Å²) in [7, 11) is 0. The molecule has 8 heteroatoms. The Balaban J connectivity index is 1.31. The molecule has 1 aromatic heterocycles. The van der Waals surface area contributed by atoms with Crippen molar-refractivity contribution in [1.82, 2.24) is 14.7 Å². The van der Waals surface area contributed by atoms with Crippen molar-refractivity contribution < 1.29 is 18.7 Å². The normalized spacial score (nSPS) is 13.9. The summed E-state index contributed by atoms with van der Waals surface area (Å²) >= 11 is 0. The number of piperazine rings is 1. The Labute approximate surface area is 179 Å². The summed E-state index contributed by atoms with van der Waals surface area (Å²) in [4.78, 5) is 28.5. The lowest BCUT2D eigenvalue weighted by Gasteiger charge is -2.36. The number of rotatable bonds is 5. The van der Waals surface area contributed by atoms with E-state index in [-0.39, 0.29) is 18.3 Å². The lowest BCUT2D eigenvalue weighted by molar-refractivity contribution is -0.134. The molecule has 1 aliphatic rings. The third-order valence-electron chi connectivity index (χ3n) is 5.38. The van der Waals surface area contributed by atoms with Gasteiger partial charge in [0.1, 0.15) is 11.4 Å². The average molecular weight is 422 g/mol. The molecule has 0 aliphatic carbocycles. The standard InChI is InChI=1S/C23H23FN4O3/c1-17-19(15-25-28(17)18-7-3-2-4-8-18)23(30)31-16-22(29)27-13-11-26(12-14-27)21-10-6-5-9-20(21)24/h2-10,15H,11-14,16H2,1H3. The van der Waals surface area contributed by atoms with Gasteiger partial charge in [0.15, 0.2) is 6.61 Å². The fourth-order valence-corrected chi connectivity index (χ4v) is 3.64. The van der Waals surface area contributed by atoms with Crippen LogP contribution in [-0.4, -0.2) is 59.3 Å². The van der Waals surface area contributed by atoms with E-state index >= 15 is 0 Å². The monoisotopic (exact) mass is 422 g/mol. The Morgan fingerprint density at radius 3 is 2.39 bits per heavy atom. The first kappa shape index (κ1) is 20.6. The molecule has 2 heterocycles. The number of esters is 1. The molecule has 7 nitrogen and oxygen atoms in total. The number of benzene rings is 2. The first-order valence-corrected chi connectivity index (χ1v) is 10.1. The molecule has 2 aromatic carbocycles. The highest BCUT2D eigenvalue weighted by Gasteiger charge is 2.24. The van der Waals surface area contributed by atoms with Gasteiger partial charge in [-0.15, -0.1) is 0 Å². The predicted octanol–water partition coefficient (Wildman–Crippen LogP) is 2.83. The zero-order valence-corrected chi connectivity index (χ0v) is 17.2. The second-order valence-corrected chi connectivity index (χ2v) is 7.29. The third kappa shape index (κ3) is 4.42. The third-order valence-corrected chi connectivity index (χ3v) is 5.38. The van der Waals surface area contributed by atoms with Crippen LogP contribution in [0.1, 0.15) is 16.1 Å². The molecular weight excluding hydrogens is 399 g/mol. The van der Waals surface area contributed by atoms with Gasteiger partial charge in [-0.25, -0.2) is 13.9 Å². The Morgan fingerprint density at radius 1 is 1.00 bits per heavy atom. The molecule has 1 fully saturated rings. The number of anilines is 1. The minimum absolute atomic E-state index is 0.269. The average Bonchev–Trinajstić information content (AvgIpc) is 3.19. The quantitative estimate of drug-likeness (QED) is 0.592. The van der Waals surface area contributed by atoms with Gasteiger partial charge in [0.25, 0.3) is 5.91 Å². The topological polar surface area (TPSA) is 67.7 Å². The molecule has 0 saturated carbocycles. The van der Waals surface area contributed by atoms with Crippen LogP contribution in [-0.2, 0) is 9.53 Å². The molecule has 1 aliphatic heterocycles. The van der Waals surface area contributed by atoms with Crippen molar-refractivity contribution in [3.63, 3.8) is 0 Å². The number of carbonyl (C=O) groups excluding carboxylic acids is 2. The SMILES string of the molecule is Cc1c(C(=O)OCC(=O)N2CCN(c3ccccc3F)CC2)cnn1-c1ccccc1. The molecule has 160 valence electrons. The van der Waals surface area contributed by atoms with Crippen molar-refractivity contribution in [1.29, 1.82) is 0 Å². The van der Waals surface area contributed by atoms with Gasteiger partial charge in [0, 0.05) is 26.2 Å². The van der Waals surface area contributed by atoms with E-state index in [1.165, 1.54) is 12.3 Å². The van der Waals surface area contributed by atoms with Gasteiger partial charge < -0.3 is 14.5 Å². The molecule has 0 unspecified atom stereocenters. The Morgan fingerprint density at radius 2 is 1.68 bits per heavy atom. The summed E-state index contributed by atoms with van der Waals surface area (Å²) in [5.41, 5.74) is 2.33. The summed E-state index contributed by atoms with van der Waals surface area (Å²) in [5, 5.41) is 4.25. The zero-order valence-electron chi connectivity index (χ0n) is 17.2. The number of hydrogen-bond donors (Lipinski definition) is 0. The van der Waals surface area contributed by atoms with Gasteiger partial charge in [0.05, 0.1) is 23.3 Å². The van der Waals surface area contributed by atoms with Crippen molar-refractivity contribution >= 4 is 17.6 Å². The van der Waals surface area contributed by atoms with Crippen LogP contribution in [0.2, 0.25) is 0 Å². The summed E-state index contributed by atoms with van der Waals surface area (Å²) < 4.78 is 20.9. The van der Waals surface area contributed by atoms with Crippen molar-refractivity contribution in [3.8, 4) is 5.69 Å². The molecule has 0 atom stereocenters. The van der Waals surface area contributed by atoms with Crippen LogP contribution in [0.3, 0.4) is 0 Å². The number of amides is 1. The van der Waals surface area contributed by atoms with Crippen LogP contribution < -0.4 is 4.90 Å². The van der Waals surface area contributed by atoms with E-state index < -0.39 is 5.97 Å². The summed E-state index contributed by atoms with van der Waals surface area (Å²) in [6.07, 6.45) is 1.45. The number of aromatic nitrogens is 2. The van der Waals surface area contributed by atoms with Gasteiger partial charge in [0.2, 0.25) is 0 Å². The van der Waals surface area contributed by atoms with Gasteiger partial charge in [-0.2, -0.15) is 5.10 Å². The molecule has 31 heavy (non-hydrogen) atoms. The van der Waals surface area contributed by atoms with E-state index in [9.17, 15) is 14.0 Å². The Bertz CT molecular complexity index is 1080. The second-order valence-electron chi connectivity index (χ2n) is 7.29. The minimum Gasteiger partial charge on any atom is -0.452 e.